The zero-order chi connectivity index (χ0) is 14.1. The lowest BCUT2D eigenvalue weighted by molar-refractivity contribution is -0.125. The number of benzene rings is 1. The second kappa shape index (κ2) is 4.73. The van der Waals surface area contributed by atoms with Gasteiger partial charge in [-0.2, -0.15) is 0 Å². The summed E-state index contributed by atoms with van der Waals surface area (Å²) in [4.78, 5) is 38.7. The van der Waals surface area contributed by atoms with Crippen LogP contribution in [0.4, 0.5) is 0 Å². The smallest absolute Gasteiger partial charge is 0.253 e. The van der Waals surface area contributed by atoms with E-state index in [4.69, 9.17) is 0 Å². The normalized spacial score (nSPS) is 18.1. The van der Waals surface area contributed by atoms with Crippen LogP contribution in [0.15, 0.2) is 36.5 Å². The van der Waals surface area contributed by atoms with Crippen LogP contribution >= 0.6 is 0 Å². The molecule has 1 aliphatic rings. The van der Waals surface area contributed by atoms with E-state index in [0.29, 0.717) is 5.56 Å². The van der Waals surface area contributed by atoms with Gasteiger partial charge in [0.15, 0.2) is 0 Å². The van der Waals surface area contributed by atoms with E-state index < -0.39 is 17.9 Å². The van der Waals surface area contributed by atoms with Crippen molar-refractivity contribution in [3.05, 3.63) is 42.1 Å². The molecule has 2 aromatic rings. The Labute approximate surface area is 114 Å². The molecule has 0 bridgehead atoms. The van der Waals surface area contributed by atoms with Gasteiger partial charge in [-0.1, -0.05) is 18.2 Å². The number of aromatic nitrogens is 1. The van der Waals surface area contributed by atoms with E-state index in [0.717, 1.165) is 10.9 Å². The lowest BCUT2D eigenvalue weighted by atomic mass is 10.1. The molecule has 1 aliphatic heterocycles. The summed E-state index contributed by atoms with van der Waals surface area (Å²) in [7, 11) is 0. The van der Waals surface area contributed by atoms with E-state index in [2.05, 4.69) is 15.6 Å². The Bertz CT molecular complexity index is 726. The van der Waals surface area contributed by atoms with Gasteiger partial charge in [0.05, 0.1) is 17.5 Å². The Kier molecular flexibility index (Phi) is 2.90. The monoisotopic (exact) mass is 269 g/mol. The molecule has 0 radical (unpaired) electrons. The predicted octanol–water partition coefficient (Wildman–Crippen LogP) is 0.380. The summed E-state index contributed by atoms with van der Waals surface area (Å²) in [6, 6.07) is 8.32. The van der Waals surface area contributed by atoms with Gasteiger partial charge in [-0.25, -0.2) is 0 Å². The molecule has 100 valence electrons. The van der Waals surface area contributed by atoms with Gasteiger partial charge in [0, 0.05) is 11.6 Å². The number of amides is 3. The number of hydrogen-bond donors (Lipinski definition) is 2. The zero-order valence-electron chi connectivity index (χ0n) is 10.4. The van der Waals surface area contributed by atoms with E-state index >= 15 is 0 Å². The molecule has 3 rings (SSSR count). The Balaban J connectivity index is 1.82. The van der Waals surface area contributed by atoms with Crippen LogP contribution in [0, 0.1) is 0 Å². The second-order valence-electron chi connectivity index (χ2n) is 4.56. The van der Waals surface area contributed by atoms with E-state index in [1.165, 1.54) is 6.20 Å². The summed E-state index contributed by atoms with van der Waals surface area (Å²) in [6.45, 7) is 0. The second-order valence-corrected chi connectivity index (χ2v) is 4.56. The van der Waals surface area contributed by atoms with Crippen molar-refractivity contribution in [1.29, 1.82) is 0 Å². The van der Waals surface area contributed by atoms with Crippen LogP contribution in [-0.2, 0) is 9.59 Å². The number of nitrogens with one attached hydrogen (secondary N) is 2. The first-order valence-electron chi connectivity index (χ1n) is 6.13. The molecule has 6 nitrogen and oxygen atoms in total. The van der Waals surface area contributed by atoms with Crippen molar-refractivity contribution >= 4 is 28.6 Å². The fourth-order valence-corrected chi connectivity index (χ4v) is 2.11. The van der Waals surface area contributed by atoms with Gasteiger partial charge < -0.3 is 5.32 Å². The summed E-state index contributed by atoms with van der Waals surface area (Å²) >= 11 is 0. The molecule has 0 aliphatic carbocycles. The molecule has 3 amide bonds. The van der Waals surface area contributed by atoms with Gasteiger partial charge in [0.2, 0.25) is 11.8 Å². The van der Waals surface area contributed by atoms with E-state index in [1.54, 1.807) is 6.07 Å². The molecule has 2 N–H and O–H groups in total. The van der Waals surface area contributed by atoms with Crippen molar-refractivity contribution in [3.8, 4) is 0 Å². The maximum atomic E-state index is 12.1. The quantitative estimate of drug-likeness (QED) is 0.771. The molecule has 0 spiro atoms. The maximum Gasteiger partial charge on any atom is 0.253 e. The van der Waals surface area contributed by atoms with Crippen molar-refractivity contribution in [3.63, 3.8) is 0 Å². The molecule has 1 unspecified atom stereocenters. The zero-order valence-corrected chi connectivity index (χ0v) is 10.4. The van der Waals surface area contributed by atoms with Crippen LogP contribution in [0.5, 0.6) is 0 Å². The number of para-hydroxylation sites is 1. The lowest BCUT2D eigenvalue weighted by Crippen LogP contribution is -2.40. The van der Waals surface area contributed by atoms with Gasteiger partial charge in [-0.15, -0.1) is 0 Å². The van der Waals surface area contributed by atoms with Gasteiger partial charge in [0.25, 0.3) is 5.91 Å². The molecule has 0 saturated carbocycles. The SMILES string of the molecule is O=C1CC(NC(=O)c2cnc3ccccc3c2)C(=O)N1. The van der Waals surface area contributed by atoms with Crippen LogP contribution in [0.1, 0.15) is 16.8 Å². The average Bonchev–Trinajstić information content (AvgIpc) is 2.76. The highest BCUT2D eigenvalue weighted by Gasteiger charge is 2.31. The minimum Gasteiger partial charge on any atom is -0.340 e. The van der Waals surface area contributed by atoms with E-state index in [9.17, 15) is 14.4 Å². The van der Waals surface area contributed by atoms with Crippen LogP contribution in [0.25, 0.3) is 10.9 Å². The molecule has 1 fully saturated rings. The number of rotatable bonds is 2. The Morgan fingerprint density at radius 3 is 2.85 bits per heavy atom. The van der Waals surface area contributed by atoms with Crippen molar-refractivity contribution in [2.24, 2.45) is 0 Å². The molecule has 1 aromatic heterocycles. The highest BCUT2D eigenvalue weighted by Crippen LogP contribution is 2.13. The number of nitrogens with zero attached hydrogens (tertiary/aromatic N) is 1. The van der Waals surface area contributed by atoms with Gasteiger partial charge in [-0.3, -0.25) is 24.7 Å². The highest BCUT2D eigenvalue weighted by molar-refractivity contribution is 6.08. The first-order valence-corrected chi connectivity index (χ1v) is 6.13. The largest absolute Gasteiger partial charge is 0.340 e. The first kappa shape index (κ1) is 12.3. The number of hydrogen-bond acceptors (Lipinski definition) is 4. The third-order valence-corrected chi connectivity index (χ3v) is 3.13. The fourth-order valence-electron chi connectivity index (χ4n) is 2.11. The highest BCUT2D eigenvalue weighted by atomic mass is 16.2. The Morgan fingerprint density at radius 2 is 2.10 bits per heavy atom. The lowest BCUT2D eigenvalue weighted by Gasteiger charge is -2.09. The molecular weight excluding hydrogens is 258 g/mol. The molecule has 1 atom stereocenters. The molecule has 6 heteroatoms. The third kappa shape index (κ3) is 2.23. The third-order valence-electron chi connectivity index (χ3n) is 3.13. The topological polar surface area (TPSA) is 88.2 Å². The fraction of sp³-hybridized carbons (Fsp3) is 0.143. The Morgan fingerprint density at radius 1 is 1.30 bits per heavy atom. The molecule has 2 heterocycles. The van der Waals surface area contributed by atoms with E-state index in [-0.39, 0.29) is 12.3 Å². The predicted molar refractivity (Wildman–Crippen MR) is 70.8 cm³/mol. The number of fused-ring (bicyclic) bond motifs is 1. The number of carbonyl (C=O) groups is 3. The summed E-state index contributed by atoms with van der Waals surface area (Å²) in [5.41, 5.74) is 1.15. The minimum absolute atomic E-state index is 0.0222. The van der Waals surface area contributed by atoms with Crippen molar-refractivity contribution in [2.45, 2.75) is 12.5 Å². The van der Waals surface area contributed by atoms with Crippen LogP contribution in [0.3, 0.4) is 0 Å². The number of carbonyl (C=O) groups excluding carboxylic acids is 3. The van der Waals surface area contributed by atoms with Crippen LogP contribution in [0.2, 0.25) is 0 Å². The summed E-state index contributed by atoms with van der Waals surface area (Å²) in [5.74, 6) is -1.27. The molecule has 1 saturated heterocycles. The average molecular weight is 269 g/mol. The van der Waals surface area contributed by atoms with Crippen LogP contribution in [-0.4, -0.2) is 28.7 Å². The minimum atomic E-state index is -0.804. The van der Waals surface area contributed by atoms with Crippen LogP contribution < -0.4 is 10.6 Å². The van der Waals surface area contributed by atoms with Crippen molar-refractivity contribution in [2.75, 3.05) is 0 Å². The molecule has 1 aromatic carbocycles. The van der Waals surface area contributed by atoms with Gasteiger partial charge in [-0.05, 0) is 12.1 Å². The van der Waals surface area contributed by atoms with Gasteiger partial charge in [0.1, 0.15) is 6.04 Å². The maximum absolute atomic E-state index is 12.1. The van der Waals surface area contributed by atoms with Crippen molar-refractivity contribution < 1.29 is 14.4 Å². The van der Waals surface area contributed by atoms with Crippen molar-refractivity contribution in [1.82, 2.24) is 15.6 Å². The Hall–Kier alpha value is -2.76. The van der Waals surface area contributed by atoms with E-state index in [1.807, 2.05) is 24.3 Å². The number of imide groups is 1. The summed E-state index contributed by atoms with van der Waals surface area (Å²) < 4.78 is 0. The summed E-state index contributed by atoms with van der Waals surface area (Å²) in [6.07, 6.45) is 1.43. The standard InChI is InChI=1S/C14H11N3O3/c18-12-6-11(14(20)17-12)16-13(19)9-5-8-3-1-2-4-10(8)15-7-9/h1-5,7,11H,6H2,(H,16,19)(H,17,18,20). The molecule has 20 heavy (non-hydrogen) atoms. The first-order chi connectivity index (χ1) is 9.63. The van der Waals surface area contributed by atoms with Gasteiger partial charge >= 0.3 is 0 Å². The summed E-state index contributed by atoms with van der Waals surface area (Å²) in [5, 5.41) is 5.51. The molecular formula is C14H11N3O3. The number of pyridine rings is 1.